The highest BCUT2D eigenvalue weighted by Gasteiger charge is 2.40. The molecule has 4 nitrogen and oxygen atoms in total. The number of nitro benzene ring substituents is 1. The molecule has 4 rings (SSSR count). The molecule has 1 aliphatic carbocycles. The molecule has 0 spiro atoms. The Balaban J connectivity index is 1.86. The molecule has 5 heteroatoms. The molecule has 0 fully saturated rings. The van der Waals surface area contributed by atoms with Gasteiger partial charge in [0.15, 0.2) is 0 Å². The van der Waals surface area contributed by atoms with Gasteiger partial charge < -0.3 is 5.32 Å². The maximum Gasteiger partial charge on any atom is 0.294 e. The van der Waals surface area contributed by atoms with Crippen LogP contribution < -0.4 is 5.32 Å². The number of allylic oxidation sites excluding steroid dienone is 2. The Morgan fingerprint density at radius 2 is 2.00 bits per heavy atom. The molecule has 3 atom stereocenters. The molecule has 0 radical (unpaired) electrons. The van der Waals surface area contributed by atoms with Gasteiger partial charge in [-0.15, -0.1) is 0 Å². The fraction of sp³-hybridized carbons (Fsp3) is 0.263. The van der Waals surface area contributed by atoms with Crippen molar-refractivity contribution in [2.24, 2.45) is 5.92 Å². The van der Waals surface area contributed by atoms with Crippen molar-refractivity contribution in [1.82, 2.24) is 0 Å². The van der Waals surface area contributed by atoms with Crippen LogP contribution >= 0.6 is 11.6 Å². The molecule has 1 aliphatic heterocycles. The molecule has 0 bridgehead atoms. The Morgan fingerprint density at radius 1 is 1.25 bits per heavy atom. The van der Waals surface area contributed by atoms with Gasteiger partial charge in [-0.1, -0.05) is 53.6 Å². The van der Waals surface area contributed by atoms with Gasteiger partial charge in [0.1, 0.15) is 5.69 Å². The van der Waals surface area contributed by atoms with E-state index in [0.717, 1.165) is 17.5 Å². The molecule has 2 aliphatic rings. The Bertz CT molecular complexity index is 845. The first-order valence-electron chi connectivity index (χ1n) is 8.02. The van der Waals surface area contributed by atoms with Crippen molar-refractivity contribution in [2.45, 2.75) is 25.3 Å². The van der Waals surface area contributed by atoms with Crippen LogP contribution in [0.4, 0.5) is 11.4 Å². The first kappa shape index (κ1) is 15.2. The number of rotatable bonds is 2. The molecule has 24 heavy (non-hydrogen) atoms. The Labute approximate surface area is 145 Å². The summed E-state index contributed by atoms with van der Waals surface area (Å²) >= 11 is 6.13. The molecule has 1 heterocycles. The Hall–Kier alpha value is -2.33. The average molecular weight is 341 g/mol. The van der Waals surface area contributed by atoms with Gasteiger partial charge in [0.2, 0.25) is 0 Å². The van der Waals surface area contributed by atoms with Crippen LogP contribution in [0.1, 0.15) is 35.1 Å². The first-order chi connectivity index (χ1) is 11.5. The van der Waals surface area contributed by atoms with Crippen LogP contribution in [0.3, 0.4) is 0 Å². The van der Waals surface area contributed by atoms with E-state index in [1.807, 2.05) is 6.07 Å². The third-order valence-electron chi connectivity index (χ3n) is 5.05. The van der Waals surface area contributed by atoms with E-state index in [2.05, 4.69) is 48.7 Å². The third-order valence-corrected chi connectivity index (χ3v) is 5.26. The predicted molar refractivity (Wildman–Crippen MR) is 95.6 cm³/mol. The van der Waals surface area contributed by atoms with Gasteiger partial charge in [0, 0.05) is 17.0 Å². The SMILES string of the molecule is Cc1ccc([C@@H]2Nc3c(cc(Cl)cc3[N+](=O)[O-])[C@@H]3C=CC[C@@H]32)cc1. The summed E-state index contributed by atoms with van der Waals surface area (Å²) in [6.45, 7) is 2.06. The van der Waals surface area contributed by atoms with Gasteiger partial charge in [0.05, 0.1) is 11.0 Å². The summed E-state index contributed by atoms with van der Waals surface area (Å²) in [7, 11) is 0. The number of fused-ring (bicyclic) bond motifs is 3. The molecule has 0 amide bonds. The predicted octanol–water partition coefficient (Wildman–Crippen LogP) is 5.38. The van der Waals surface area contributed by atoms with Crippen LogP contribution in [0.5, 0.6) is 0 Å². The van der Waals surface area contributed by atoms with Gasteiger partial charge in [-0.05, 0) is 36.5 Å². The Morgan fingerprint density at radius 3 is 2.71 bits per heavy atom. The number of nitrogens with zero attached hydrogens (tertiary/aromatic N) is 1. The second-order valence-corrected chi connectivity index (χ2v) is 6.97. The summed E-state index contributed by atoms with van der Waals surface area (Å²) in [5.41, 5.74) is 3.94. The lowest BCUT2D eigenvalue weighted by Crippen LogP contribution is -2.29. The minimum absolute atomic E-state index is 0.0494. The first-order valence-corrected chi connectivity index (χ1v) is 8.40. The second-order valence-electron chi connectivity index (χ2n) is 6.53. The highest BCUT2D eigenvalue weighted by molar-refractivity contribution is 6.31. The van der Waals surface area contributed by atoms with Crippen LogP contribution in [0, 0.1) is 23.0 Å². The summed E-state index contributed by atoms with van der Waals surface area (Å²) in [4.78, 5) is 11.1. The van der Waals surface area contributed by atoms with Crippen molar-refractivity contribution in [3.63, 3.8) is 0 Å². The van der Waals surface area contributed by atoms with E-state index in [0.29, 0.717) is 16.6 Å². The fourth-order valence-electron chi connectivity index (χ4n) is 3.89. The Kier molecular flexibility index (Phi) is 3.57. The van der Waals surface area contributed by atoms with Crippen molar-refractivity contribution in [1.29, 1.82) is 0 Å². The zero-order chi connectivity index (χ0) is 16.8. The van der Waals surface area contributed by atoms with Crippen molar-refractivity contribution in [3.05, 3.63) is 80.4 Å². The molecule has 1 N–H and O–H groups in total. The highest BCUT2D eigenvalue weighted by atomic mass is 35.5. The van der Waals surface area contributed by atoms with Crippen LogP contribution in [0.25, 0.3) is 0 Å². The van der Waals surface area contributed by atoms with Crippen LogP contribution in [0.2, 0.25) is 5.02 Å². The quantitative estimate of drug-likeness (QED) is 0.453. The van der Waals surface area contributed by atoms with Crippen molar-refractivity contribution >= 4 is 23.0 Å². The molecule has 0 aromatic heterocycles. The van der Waals surface area contributed by atoms with Crippen LogP contribution in [-0.4, -0.2) is 4.92 Å². The standard InChI is InChI=1S/C19H17ClN2O2/c1-11-5-7-12(8-6-11)18-15-4-2-3-14(15)16-9-13(20)10-17(22(23)24)19(16)21-18/h2-3,5-10,14-15,18,21H,4H2,1H3/t14-,15+,18+/m1/s1. The van der Waals surface area contributed by atoms with E-state index < -0.39 is 0 Å². The summed E-state index contributed by atoms with van der Waals surface area (Å²) < 4.78 is 0. The molecule has 0 saturated heterocycles. The topological polar surface area (TPSA) is 55.2 Å². The molecule has 2 aromatic rings. The maximum atomic E-state index is 11.5. The number of anilines is 1. The second kappa shape index (κ2) is 5.64. The molecule has 0 unspecified atom stereocenters. The summed E-state index contributed by atoms with van der Waals surface area (Å²) in [6.07, 6.45) is 5.28. The van der Waals surface area contributed by atoms with Crippen molar-refractivity contribution in [2.75, 3.05) is 5.32 Å². The zero-order valence-electron chi connectivity index (χ0n) is 13.2. The molecular formula is C19H17ClN2O2. The number of hydrogen-bond donors (Lipinski definition) is 1. The number of benzene rings is 2. The summed E-state index contributed by atoms with van der Waals surface area (Å²) in [5.74, 6) is 0.503. The number of aryl methyl sites for hydroxylation is 1. The third kappa shape index (κ3) is 2.38. The van der Waals surface area contributed by atoms with E-state index in [4.69, 9.17) is 11.6 Å². The highest BCUT2D eigenvalue weighted by Crippen LogP contribution is 2.52. The fourth-order valence-corrected chi connectivity index (χ4v) is 4.11. The lowest BCUT2D eigenvalue weighted by molar-refractivity contribution is -0.384. The van der Waals surface area contributed by atoms with E-state index in [1.54, 1.807) is 0 Å². The van der Waals surface area contributed by atoms with E-state index in [1.165, 1.54) is 11.6 Å². The van der Waals surface area contributed by atoms with Gasteiger partial charge in [-0.3, -0.25) is 10.1 Å². The minimum atomic E-state index is -0.358. The van der Waals surface area contributed by atoms with E-state index >= 15 is 0 Å². The monoisotopic (exact) mass is 340 g/mol. The molecular weight excluding hydrogens is 324 g/mol. The zero-order valence-corrected chi connectivity index (χ0v) is 14.0. The van der Waals surface area contributed by atoms with Crippen molar-refractivity contribution < 1.29 is 4.92 Å². The molecule has 0 saturated carbocycles. The minimum Gasteiger partial charge on any atom is -0.372 e. The maximum absolute atomic E-state index is 11.5. The average Bonchev–Trinajstić information content (AvgIpc) is 3.04. The molecule has 2 aromatic carbocycles. The number of halogens is 1. The van der Waals surface area contributed by atoms with E-state index in [-0.39, 0.29) is 22.6 Å². The number of nitrogens with one attached hydrogen (secondary N) is 1. The van der Waals surface area contributed by atoms with Gasteiger partial charge in [-0.25, -0.2) is 0 Å². The number of nitro groups is 1. The van der Waals surface area contributed by atoms with Crippen LogP contribution in [-0.2, 0) is 0 Å². The van der Waals surface area contributed by atoms with Crippen molar-refractivity contribution in [3.8, 4) is 0 Å². The normalized spacial score (nSPS) is 24.2. The summed E-state index contributed by atoms with van der Waals surface area (Å²) in [6, 6.07) is 11.7. The van der Waals surface area contributed by atoms with Gasteiger partial charge in [0.25, 0.3) is 5.69 Å². The number of hydrogen-bond acceptors (Lipinski definition) is 3. The summed E-state index contributed by atoms with van der Waals surface area (Å²) in [5, 5.41) is 15.3. The van der Waals surface area contributed by atoms with E-state index in [9.17, 15) is 10.1 Å². The van der Waals surface area contributed by atoms with Crippen LogP contribution in [0.15, 0.2) is 48.6 Å². The lowest BCUT2D eigenvalue weighted by atomic mass is 9.76. The lowest BCUT2D eigenvalue weighted by Gasteiger charge is -2.37. The van der Waals surface area contributed by atoms with Gasteiger partial charge in [-0.2, -0.15) is 0 Å². The smallest absolute Gasteiger partial charge is 0.294 e. The largest absolute Gasteiger partial charge is 0.372 e. The van der Waals surface area contributed by atoms with Gasteiger partial charge >= 0.3 is 0 Å². The molecule has 122 valence electrons.